The van der Waals surface area contributed by atoms with Crippen molar-refractivity contribution < 1.29 is 9.21 Å². The SMILES string of the molecule is O=C1NC(=S)N/C1=C\c1ccc(-c2ccc(Cl)cc2Cl)o1. The van der Waals surface area contributed by atoms with Crippen molar-refractivity contribution in [3.8, 4) is 11.3 Å². The van der Waals surface area contributed by atoms with Gasteiger partial charge in [0.1, 0.15) is 17.2 Å². The first-order valence-electron chi connectivity index (χ1n) is 5.92. The van der Waals surface area contributed by atoms with Crippen molar-refractivity contribution in [1.82, 2.24) is 10.6 Å². The lowest BCUT2D eigenvalue weighted by atomic mass is 10.2. The molecule has 1 aromatic heterocycles. The first kappa shape index (κ1) is 14.1. The summed E-state index contributed by atoms with van der Waals surface area (Å²) in [5.41, 5.74) is 1.06. The van der Waals surface area contributed by atoms with E-state index in [9.17, 15) is 4.79 Å². The van der Waals surface area contributed by atoms with Crippen LogP contribution in [-0.2, 0) is 4.79 Å². The number of thiocarbonyl (C=S) groups is 1. The summed E-state index contributed by atoms with van der Waals surface area (Å²) in [4.78, 5) is 11.6. The lowest BCUT2D eigenvalue weighted by Crippen LogP contribution is -2.21. The Labute approximate surface area is 135 Å². The van der Waals surface area contributed by atoms with Crippen molar-refractivity contribution in [2.75, 3.05) is 0 Å². The summed E-state index contributed by atoms with van der Waals surface area (Å²) in [6.45, 7) is 0. The molecule has 2 aromatic rings. The first-order chi connectivity index (χ1) is 10.0. The second-order valence-corrected chi connectivity index (χ2v) is 5.54. The molecular formula is C14H8Cl2N2O2S. The highest BCUT2D eigenvalue weighted by atomic mass is 35.5. The molecule has 106 valence electrons. The minimum Gasteiger partial charge on any atom is -0.457 e. The number of benzene rings is 1. The Hall–Kier alpha value is -1.82. The van der Waals surface area contributed by atoms with Crippen LogP contribution in [0.5, 0.6) is 0 Å². The standard InChI is InChI=1S/C14H8Cl2N2O2S/c15-7-1-3-9(10(16)5-7)12-4-2-8(20-12)6-11-13(19)18-14(21)17-11/h1-6H,(H2,17,18,19,21)/b11-6-. The van der Waals surface area contributed by atoms with Crippen molar-refractivity contribution in [2.45, 2.75) is 0 Å². The zero-order valence-electron chi connectivity index (χ0n) is 10.4. The van der Waals surface area contributed by atoms with Gasteiger partial charge in [-0.05, 0) is 42.5 Å². The van der Waals surface area contributed by atoms with Gasteiger partial charge in [0.25, 0.3) is 5.91 Å². The van der Waals surface area contributed by atoms with Gasteiger partial charge < -0.3 is 9.73 Å². The van der Waals surface area contributed by atoms with E-state index in [2.05, 4.69) is 10.6 Å². The number of amides is 1. The summed E-state index contributed by atoms with van der Waals surface area (Å²) in [6, 6.07) is 8.66. The van der Waals surface area contributed by atoms with Gasteiger partial charge in [0.2, 0.25) is 0 Å². The predicted molar refractivity (Wildman–Crippen MR) is 86.0 cm³/mol. The maximum Gasteiger partial charge on any atom is 0.274 e. The lowest BCUT2D eigenvalue weighted by Gasteiger charge is -2.01. The fourth-order valence-corrected chi connectivity index (χ4v) is 2.59. The molecular weight excluding hydrogens is 331 g/mol. The van der Waals surface area contributed by atoms with Gasteiger partial charge in [0.15, 0.2) is 5.11 Å². The normalized spacial score (nSPS) is 16.2. The van der Waals surface area contributed by atoms with E-state index in [1.807, 2.05) is 0 Å². The second-order valence-electron chi connectivity index (χ2n) is 4.29. The molecule has 0 unspecified atom stereocenters. The van der Waals surface area contributed by atoms with Gasteiger partial charge in [-0.2, -0.15) is 0 Å². The van der Waals surface area contributed by atoms with E-state index in [4.69, 9.17) is 39.8 Å². The first-order valence-corrected chi connectivity index (χ1v) is 7.08. The van der Waals surface area contributed by atoms with E-state index in [1.54, 1.807) is 36.4 Å². The number of hydrogen-bond acceptors (Lipinski definition) is 3. The molecule has 2 heterocycles. The van der Waals surface area contributed by atoms with Gasteiger partial charge in [0, 0.05) is 16.7 Å². The summed E-state index contributed by atoms with van der Waals surface area (Å²) < 4.78 is 5.67. The van der Waals surface area contributed by atoms with Crippen molar-refractivity contribution in [2.24, 2.45) is 0 Å². The van der Waals surface area contributed by atoms with Gasteiger partial charge in [-0.15, -0.1) is 0 Å². The Kier molecular flexibility index (Phi) is 3.71. The Bertz CT molecular complexity index is 783. The Morgan fingerprint density at radius 1 is 1.14 bits per heavy atom. The van der Waals surface area contributed by atoms with E-state index in [0.29, 0.717) is 27.3 Å². The summed E-state index contributed by atoms with van der Waals surface area (Å²) >= 11 is 16.9. The molecule has 7 heteroatoms. The molecule has 0 bridgehead atoms. The highest BCUT2D eigenvalue weighted by molar-refractivity contribution is 7.80. The second kappa shape index (κ2) is 5.52. The minimum absolute atomic E-state index is 0.277. The number of halogens is 2. The van der Waals surface area contributed by atoms with Crippen LogP contribution in [0.2, 0.25) is 10.0 Å². The molecule has 1 amide bonds. The van der Waals surface area contributed by atoms with Crippen LogP contribution in [0.1, 0.15) is 5.76 Å². The topological polar surface area (TPSA) is 54.3 Å². The van der Waals surface area contributed by atoms with Crippen LogP contribution < -0.4 is 10.6 Å². The number of carbonyl (C=O) groups is 1. The number of furan rings is 1. The molecule has 0 atom stereocenters. The maximum absolute atomic E-state index is 11.6. The molecule has 1 aliphatic heterocycles. The average molecular weight is 339 g/mol. The van der Waals surface area contributed by atoms with E-state index in [0.717, 1.165) is 5.56 Å². The van der Waals surface area contributed by atoms with E-state index in [-0.39, 0.29) is 11.0 Å². The summed E-state index contributed by atoms with van der Waals surface area (Å²) in [5, 5.41) is 6.55. The third-order valence-electron chi connectivity index (χ3n) is 2.83. The fraction of sp³-hybridized carbons (Fsp3) is 0. The van der Waals surface area contributed by atoms with Crippen LogP contribution in [0, 0.1) is 0 Å². The average Bonchev–Trinajstić information content (AvgIpc) is 2.97. The van der Waals surface area contributed by atoms with Crippen LogP contribution in [0.4, 0.5) is 0 Å². The fourth-order valence-electron chi connectivity index (χ4n) is 1.89. The molecule has 3 rings (SSSR count). The largest absolute Gasteiger partial charge is 0.457 e. The number of rotatable bonds is 2. The molecule has 2 N–H and O–H groups in total. The molecule has 4 nitrogen and oxygen atoms in total. The molecule has 1 fully saturated rings. The Morgan fingerprint density at radius 3 is 2.62 bits per heavy atom. The number of hydrogen-bond donors (Lipinski definition) is 2. The van der Waals surface area contributed by atoms with Crippen LogP contribution in [0.3, 0.4) is 0 Å². The smallest absolute Gasteiger partial charge is 0.274 e. The van der Waals surface area contributed by atoms with Crippen LogP contribution in [0.25, 0.3) is 17.4 Å². The minimum atomic E-state index is -0.289. The lowest BCUT2D eigenvalue weighted by molar-refractivity contribution is -0.115. The predicted octanol–water partition coefficient (Wildman–Crippen LogP) is 3.60. The van der Waals surface area contributed by atoms with E-state index in [1.165, 1.54) is 0 Å². The van der Waals surface area contributed by atoms with Gasteiger partial charge in [-0.25, -0.2) is 0 Å². The highest BCUT2D eigenvalue weighted by Crippen LogP contribution is 2.31. The molecule has 0 aliphatic carbocycles. The molecule has 0 spiro atoms. The summed E-state index contributed by atoms with van der Waals surface area (Å²) in [7, 11) is 0. The quantitative estimate of drug-likeness (QED) is 0.648. The Balaban J connectivity index is 1.92. The van der Waals surface area contributed by atoms with Gasteiger partial charge in [0.05, 0.1) is 5.02 Å². The molecule has 1 saturated heterocycles. The third kappa shape index (κ3) is 2.95. The van der Waals surface area contributed by atoms with Crippen molar-refractivity contribution in [3.05, 3.63) is 51.8 Å². The van der Waals surface area contributed by atoms with Crippen molar-refractivity contribution >= 4 is 52.5 Å². The van der Waals surface area contributed by atoms with Crippen LogP contribution in [0.15, 0.2) is 40.4 Å². The van der Waals surface area contributed by atoms with Gasteiger partial charge in [-0.1, -0.05) is 23.2 Å². The van der Waals surface area contributed by atoms with Crippen molar-refractivity contribution in [3.63, 3.8) is 0 Å². The monoisotopic (exact) mass is 338 g/mol. The van der Waals surface area contributed by atoms with Crippen LogP contribution in [-0.4, -0.2) is 11.0 Å². The van der Waals surface area contributed by atoms with Gasteiger partial charge >= 0.3 is 0 Å². The zero-order valence-corrected chi connectivity index (χ0v) is 12.8. The third-order valence-corrected chi connectivity index (χ3v) is 3.58. The van der Waals surface area contributed by atoms with E-state index < -0.39 is 0 Å². The van der Waals surface area contributed by atoms with Crippen molar-refractivity contribution in [1.29, 1.82) is 0 Å². The Morgan fingerprint density at radius 2 is 1.95 bits per heavy atom. The molecule has 0 radical (unpaired) electrons. The zero-order chi connectivity index (χ0) is 15.0. The molecule has 0 saturated carbocycles. The molecule has 21 heavy (non-hydrogen) atoms. The van der Waals surface area contributed by atoms with Crippen LogP contribution >= 0.6 is 35.4 Å². The summed E-state index contributed by atoms with van der Waals surface area (Å²) in [6.07, 6.45) is 1.57. The highest BCUT2D eigenvalue weighted by Gasteiger charge is 2.20. The van der Waals surface area contributed by atoms with Gasteiger partial charge in [-0.3, -0.25) is 10.1 Å². The number of nitrogens with one attached hydrogen (secondary N) is 2. The van der Waals surface area contributed by atoms with E-state index >= 15 is 0 Å². The maximum atomic E-state index is 11.6. The molecule has 1 aliphatic rings. The number of carbonyl (C=O) groups excluding carboxylic acids is 1. The molecule has 1 aromatic carbocycles. The summed E-state index contributed by atoms with van der Waals surface area (Å²) in [5.74, 6) is 0.811.